The number of hydrogen-bond donors (Lipinski definition) is 0. The van der Waals surface area contributed by atoms with Gasteiger partial charge >= 0.3 is 0 Å². The number of hydrogen-bond acceptors (Lipinski definition) is 4. The number of rotatable bonds is 3. The highest BCUT2D eigenvalue weighted by molar-refractivity contribution is 5.93. The SMILES string of the molecule is COC1CN(c2ccc(C(C)=O)cn2)CCC1C. The van der Waals surface area contributed by atoms with Crippen LogP contribution in [-0.4, -0.2) is 37.1 Å². The molecule has 1 aliphatic rings. The number of carbonyl (C=O) groups excluding carboxylic acids is 1. The molecule has 0 aromatic carbocycles. The number of carbonyl (C=O) groups is 1. The van der Waals surface area contributed by atoms with E-state index in [0.29, 0.717) is 11.5 Å². The Bertz CT molecular complexity index is 416. The van der Waals surface area contributed by atoms with Crippen LogP contribution in [0.15, 0.2) is 18.3 Å². The molecule has 1 fully saturated rings. The van der Waals surface area contributed by atoms with Crippen LogP contribution in [0.2, 0.25) is 0 Å². The highest BCUT2D eigenvalue weighted by Crippen LogP contribution is 2.23. The smallest absolute Gasteiger partial charge is 0.161 e. The first-order valence-corrected chi connectivity index (χ1v) is 6.36. The number of aromatic nitrogens is 1. The van der Waals surface area contributed by atoms with E-state index in [0.717, 1.165) is 25.3 Å². The second-order valence-electron chi connectivity index (χ2n) is 4.95. The van der Waals surface area contributed by atoms with Crippen LogP contribution in [0.3, 0.4) is 0 Å². The van der Waals surface area contributed by atoms with Gasteiger partial charge in [0.15, 0.2) is 5.78 Å². The molecule has 18 heavy (non-hydrogen) atoms. The predicted octanol–water partition coefficient (Wildman–Crippen LogP) is 2.15. The minimum absolute atomic E-state index is 0.0519. The Balaban J connectivity index is 2.09. The number of anilines is 1. The molecule has 0 bridgehead atoms. The van der Waals surface area contributed by atoms with E-state index in [4.69, 9.17) is 4.74 Å². The summed E-state index contributed by atoms with van der Waals surface area (Å²) in [6, 6.07) is 3.75. The van der Waals surface area contributed by atoms with Gasteiger partial charge in [0, 0.05) is 32.0 Å². The number of ketones is 1. The summed E-state index contributed by atoms with van der Waals surface area (Å²) in [5.41, 5.74) is 0.660. The van der Waals surface area contributed by atoms with Crippen LogP contribution in [-0.2, 0) is 4.74 Å². The van der Waals surface area contributed by atoms with Gasteiger partial charge in [0.05, 0.1) is 6.10 Å². The minimum atomic E-state index is 0.0519. The Labute approximate surface area is 108 Å². The maximum Gasteiger partial charge on any atom is 0.161 e. The quantitative estimate of drug-likeness (QED) is 0.769. The number of pyridine rings is 1. The van der Waals surface area contributed by atoms with Crippen molar-refractivity contribution in [3.63, 3.8) is 0 Å². The number of ether oxygens (including phenoxy) is 1. The Morgan fingerprint density at radius 1 is 1.50 bits per heavy atom. The monoisotopic (exact) mass is 248 g/mol. The highest BCUT2D eigenvalue weighted by atomic mass is 16.5. The first-order valence-electron chi connectivity index (χ1n) is 6.36. The highest BCUT2D eigenvalue weighted by Gasteiger charge is 2.26. The molecule has 0 radical (unpaired) electrons. The zero-order valence-corrected chi connectivity index (χ0v) is 11.2. The molecule has 2 heterocycles. The molecule has 4 nitrogen and oxygen atoms in total. The summed E-state index contributed by atoms with van der Waals surface area (Å²) in [6.45, 7) is 5.63. The summed E-state index contributed by atoms with van der Waals surface area (Å²) in [4.78, 5) is 17.8. The Kier molecular flexibility index (Phi) is 3.97. The third kappa shape index (κ3) is 2.70. The lowest BCUT2D eigenvalue weighted by Gasteiger charge is -2.36. The topological polar surface area (TPSA) is 42.4 Å². The number of nitrogens with zero attached hydrogens (tertiary/aromatic N) is 2. The van der Waals surface area contributed by atoms with Gasteiger partial charge in [-0.05, 0) is 31.4 Å². The van der Waals surface area contributed by atoms with Crippen LogP contribution in [0.5, 0.6) is 0 Å². The Morgan fingerprint density at radius 2 is 2.28 bits per heavy atom. The summed E-state index contributed by atoms with van der Waals surface area (Å²) in [5.74, 6) is 1.56. The van der Waals surface area contributed by atoms with Crippen LogP contribution in [0.4, 0.5) is 5.82 Å². The van der Waals surface area contributed by atoms with Crippen LogP contribution < -0.4 is 4.90 Å². The summed E-state index contributed by atoms with van der Waals surface area (Å²) in [5, 5.41) is 0. The van der Waals surface area contributed by atoms with Gasteiger partial charge in [-0.25, -0.2) is 4.98 Å². The fraction of sp³-hybridized carbons (Fsp3) is 0.571. The van der Waals surface area contributed by atoms with Crippen molar-refractivity contribution in [3.8, 4) is 0 Å². The Morgan fingerprint density at radius 3 is 2.83 bits per heavy atom. The fourth-order valence-electron chi connectivity index (χ4n) is 2.33. The molecule has 0 spiro atoms. The van der Waals surface area contributed by atoms with Gasteiger partial charge in [0.25, 0.3) is 0 Å². The molecule has 98 valence electrons. The molecular weight excluding hydrogens is 228 g/mol. The van der Waals surface area contributed by atoms with Crippen LogP contribution in [0, 0.1) is 5.92 Å². The van der Waals surface area contributed by atoms with Crippen molar-refractivity contribution in [2.75, 3.05) is 25.1 Å². The van der Waals surface area contributed by atoms with Crippen molar-refractivity contribution in [1.82, 2.24) is 4.98 Å². The van der Waals surface area contributed by atoms with Gasteiger partial charge in [-0.3, -0.25) is 4.79 Å². The standard InChI is InChI=1S/C14H20N2O2/c1-10-6-7-16(9-13(10)18-3)14-5-4-12(8-15-14)11(2)17/h4-5,8,10,13H,6-7,9H2,1-3H3. The normalized spacial score (nSPS) is 24.1. The molecule has 1 aromatic heterocycles. The third-order valence-corrected chi connectivity index (χ3v) is 3.67. The second kappa shape index (κ2) is 5.48. The van der Waals surface area contributed by atoms with E-state index in [-0.39, 0.29) is 11.9 Å². The minimum Gasteiger partial charge on any atom is -0.379 e. The number of piperidine rings is 1. The van der Waals surface area contributed by atoms with E-state index < -0.39 is 0 Å². The average Bonchev–Trinajstić information content (AvgIpc) is 2.39. The van der Waals surface area contributed by atoms with Crippen molar-refractivity contribution < 1.29 is 9.53 Å². The summed E-state index contributed by atoms with van der Waals surface area (Å²) in [7, 11) is 1.76. The molecule has 0 N–H and O–H groups in total. The third-order valence-electron chi connectivity index (χ3n) is 3.67. The molecule has 2 unspecified atom stereocenters. The van der Waals surface area contributed by atoms with Gasteiger partial charge in [-0.1, -0.05) is 6.92 Å². The number of methoxy groups -OCH3 is 1. The van der Waals surface area contributed by atoms with E-state index in [1.807, 2.05) is 12.1 Å². The zero-order valence-electron chi connectivity index (χ0n) is 11.2. The molecule has 2 rings (SSSR count). The molecule has 1 aromatic rings. The lowest BCUT2D eigenvalue weighted by atomic mass is 9.96. The average molecular weight is 248 g/mol. The molecule has 0 saturated carbocycles. The second-order valence-corrected chi connectivity index (χ2v) is 4.95. The maximum atomic E-state index is 11.2. The van der Waals surface area contributed by atoms with E-state index in [1.54, 1.807) is 20.2 Å². The van der Waals surface area contributed by atoms with Crippen LogP contribution in [0.25, 0.3) is 0 Å². The van der Waals surface area contributed by atoms with Gasteiger partial charge in [-0.2, -0.15) is 0 Å². The summed E-state index contributed by atoms with van der Waals surface area (Å²) >= 11 is 0. The molecule has 1 aliphatic heterocycles. The first kappa shape index (κ1) is 13.0. The lowest BCUT2D eigenvalue weighted by Crippen LogP contribution is -2.44. The summed E-state index contributed by atoms with van der Waals surface area (Å²) in [6.07, 6.45) is 3.01. The van der Waals surface area contributed by atoms with E-state index in [2.05, 4.69) is 16.8 Å². The first-order chi connectivity index (χ1) is 8.61. The summed E-state index contributed by atoms with van der Waals surface area (Å²) < 4.78 is 5.49. The maximum absolute atomic E-state index is 11.2. The molecule has 4 heteroatoms. The van der Waals surface area contributed by atoms with Crippen molar-refractivity contribution >= 4 is 11.6 Å². The van der Waals surface area contributed by atoms with Crippen LogP contribution >= 0.6 is 0 Å². The molecular formula is C14H20N2O2. The van der Waals surface area contributed by atoms with E-state index >= 15 is 0 Å². The lowest BCUT2D eigenvalue weighted by molar-refractivity contribution is 0.0496. The predicted molar refractivity (Wildman–Crippen MR) is 71.0 cm³/mol. The Hall–Kier alpha value is -1.42. The largest absolute Gasteiger partial charge is 0.379 e. The molecule has 0 aliphatic carbocycles. The van der Waals surface area contributed by atoms with Gasteiger partial charge in [0.1, 0.15) is 5.82 Å². The number of Topliss-reactive ketones (excluding diaryl/α,β-unsaturated/α-hetero) is 1. The van der Waals surface area contributed by atoms with Crippen molar-refractivity contribution in [3.05, 3.63) is 23.9 Å². The van der Waals surface area contributed by atoms with Crippen molar-refractivity contribution in [2.45, 2.75) is 26.4 Å². The fourth-order valence-corrected chi connectivity index (χ4v) is 2.33. The van der Waals surface area contributed by atoms with Gasteiger partial charge < -0.3 is 9.64 Å². The van der Waals surface area contributed by atoms with Crippen molar-refractivity contribution in [2.24, 2.45) is 5.92 Å². The van der Waals surface area contributed by atoms with Crippen LogP contribution in [0.1, 0.15) is 30.6 Å². The molecule has 1 saturated heterocycles. The van der Waals surface area contributed by atoms with Gasteiger partial charge in [0.2, 0.25) is 0 Å². The van der Waals surface area contributed by atoms with E-state index in [9.17, 15) is 4.79 Å². The van der Waals surface area contributed by atoms with E-state index in [1.165, 1.54) is 0 Å². The van der Waals surface area contributed by atoms with Gasteiger partial charge in [-0.15, -0.1) is 0 Å². The van der Waals surface area contributed by atoms with Crippen molar-refractivity contribution in [1.29, 1.82) is 0 Å². The zero-order chi connectivity index (χ0) is 13.1. The molecule has 0 amide bonds. The molecule has 2 atom stereocenters.